The molecule has 25 heavy (non-hydrogen) atoms. The number of aromatic nitrogens is 3. The van der Waals surface area contributed by atoms with E-state index < -0.39 is 0 Å². The van der Waals surface area contributed by atoms with E-state index in [0.717, 1.165) is 25.5 Å². The molecule has 1 aromatic carbocycles. The lowest BCUT2D eigenvalue weighted by Crippen LogP contribution is -2.17. The third-order valence-electron chi connectivity index (χ3n) is 3.76. The van der Waals surface area contributed by atoms with Gasteiger partial charge in [0.15, 0.2) is 0 Å². The first-order chi connectivity index (χ1) is 11.8. The van der Waals surface area contributed by atoms with Gasteiger partial charge in [0, 0.05) is 27.2 Å². The first-order valence-electron chi connectivity index (χ1n) is 7.69. The number of nitrogens with zero attached hydrogens (tertiary/aromatic N) is 2. The number of pyridine rings is 1. The molecule has 3 aromatic rings. The largest absolute Gasteiger partial charge is 0.325 e. The third-order valence-corrected chi connectivity index (χ3v) is 6.69. The third kappa shape index (κ3) is 4.38. The second-order valence-electron chi connectivity index (χ2n) is 5.98. The van der Waals surface area contributed by atoms with Crippen LogP contribution in [0.5, 0.6) is 0 Å². The van der Waals surface area contributed by atoms with Gasteiger partial charge >= 0.3 is 0 Å². The van der Waals surface area contributed by atoms with E-state index in [1.807, 2.05) is 17.8 Å². The molecule has 0 aliphatic carbocycles. The molecule has 2 aromatic heterocycles. The summed E-state index contributed by atoms with van der Waals surface area (Å²) in [5.74, 6) is 0. The Bertz CT molecular complexity index is 976. The number of benzene rings is 1. The number of aromatic amines is 1. The smallest absolute Gasteiger partial charge is 0.262 e. The molecule has 2 heterocycles. The fourth-order valence-corrected chi connectivity index (χ4v) is 5.07. The predicted octanol–water partition coefficient (Wildman–Crippen LogP) is 5.06. The maximum atomic E-state index is 12.3. The molecule has 0 spiro atoms. The van der Waals surface area contributed by atoms with E-state index >= 15 is 0 Å². The SMILES string of the molecule is Cc1cc(C)cc(Sc2c(Cn3cc(Br)cn3)c(C)[nH]c(=O)c2I)c1. The summed E-state index contributed by atoms with van der Waals surface area (Å²) in [4.78, 5) is 17.4. The lowest BCUT2D eigenvalue weighted by atomic mass is 10.2. The molecule has 0 bridgehead atoms. The Hall–Kier alpha value is -1.06. The van der Waals surface area contributed by atoms with Gasteiger partial charge in [-0.05, 0) is 82.6 Å². The zero-order valence-corrected chi connectivity index (χ0v) is 18.6. The van der Waals surface area contributed by atoms with Gasteiger partial charge in [0.2, 0.25) is 0 Å². The lowest BCUT2D eigenvalue weighted by Gasteiger charge is -2.15. The van der Waals surface area contributed by atoms with Crippen LogP contribution in [0.3, 0.4) is 0 Å². The quantitative estimate of drug-likeness (QED) is 0.480. The molecule has 0 aliphatic heterocycles. The van der Waals surface area contributed by atoms with Crippen LogP contribution < -0.4 is 5.56 Å². The van der Waals surface area contributed by atoms with Gasteiger partial charge in [0.25, 0.3) is 5.56 Å². The van der Waals surface area contributed by atoms with Gasteiger partial charge < -0.3 is 4.98 Å². The van der Waals surface area contributed by atoms with Crippen molar-refractivity contribution in [3.63, 3.8) is 0 Å². The van der Waals surface area contributed by atoms with Crippen LogP contribution in [0, 0.1) is 24.3 Å². The highest BCUT2D eigenvalue weighted by molar-refractivity contribution is 14.1. The van der Waals surface area contributed by atoms with Crippen LogP contribution in [-0.2, 0) is 6.54 Å². The molecule has 0 saturated heterocycles. The van der Waals surface area contributed by atoms with E-state index in [9.17, 15) is 4.79 Å². The van der Waals surface area contributed by atoms with Gasteiger partial charge in [-0.3, -0.25) is 9.48 Å². The van der Waals surface area contributed by atoms with Crippen molar-refractivity contribution in [3.8, 4) is 0 Å². The Morgan fingerprint density at radius 1 is 1.24 bits per heavy atom. The van der Waals surface area contributed by atoms with E-state index in [-0.39, 0.29) is 5.56 Å². The standard InChI is InChI=1S/C18H17BrIN3OS/c1-10-4-11(2)6-14(5-10)25-17-15(9-23-8-13(19)7-21-23)12(3)22-18(24)16(17)20/h4-8H,9H2,1-3H3,(H,22,24). The number of hydrogen-bond acceptors (Lipinski definition) is 3. The van der Waals surface area contributed by atoms with Gasteiger partial charge in [0.1, 0.15) is 0 Å². The van der Waals surface area contributed by atoms with E-state index in [1.165, 1.54) is 11.1 Å². The van der Waals surface area contributed by atoms with Crippen LogP contribution in [0.25, 0.3) is 0 Å². The van der Waals surface area contributed by atoms with Gasteiger partial charge in [-0.25, -0.2) is 0 Å². The molecule has 0 aliphatic rings. The number of rotatable bonds is 4. The Labute approximate surface area is 172 Å². The van der Waals surface area contributed by atoms with Crippen LogP contribution in [0.4, 0.5) is 0 Å². The van der Waals surface area contributed by atoms with Crippen molar-refractivity contribution in [2.75, 3.05) is 0 Å². The van der Waals surface area contributed by atoms with Crippen LogP contribution >= 0.6 is 50.3 Å². The van der Waals surface area contributed by atoms with Crippen LogP contribution in [0.15, 0.2) is 49.7 Å². The highest BCUT2D eigenvalue weighted by atomic mass is 127. The minimum Gasteiger partial charge on any atom is -0.325 e. The number of nitrogens with one attached hydrogen (secondary N) is 1. The Kier molecular flexibility index (Phi) is 5.75. The molecule has 130 valence electrons. The van der Waals surface area contributed by atoms with Gasteiger partial charge in [-0.1, -0.05) is 17.8 Å². The van der Waals surface area contributed by atoms with Gasteiger partial charge in [-0.15, -0.1) is 0 Å². The van der Waals surface area contributed by atoms with Crippen LogP contribution in [0.1, 0.15) is 22.4 Å². The monoisotopic (exact) mass is 529 g/mol. The Morgan fingerprint density at radius 3 is 2.52 bits per heavy atom. The fraction of sp³-hybridized carbons (Fsp3) is 0.222. The molecule has 3 rings (SSSR count). The topological polar surface area (TPSA) is 50.7 Å². The molecule has 0 fully saturated rings. The Balaban J connectivity index is 2.08. The van der Waals surface area contributed by atoms with Crippen molar-refractivity contribution in [2.24, 2.45) is 0 Å². The summed E-state index contributed by atoms with van der Waals surface area (Å²) in [5, 5.41) is 4.35. The average Bonchev–Trinajstić information content (AvgIpc) is 2.92. The molecule has 0 atom stereocenters. The molecular formula is C18H17BrIN3OS. The highest BCUT2D eigenvalue weighted by Crippen LogP contribution is 2.35. The summed E-state index contributed by atoms with van der Waals surface area (Å²) >= 11 is 7.21. The molecule has 0 radical (unpaired) electrons. The number of aryl methyl sites for hydroxylation is 3. The zero-order valence-electron chi connectivity index (χ0n) is 14.1. The minimum absolute atomic E-state index is 0.0460. The number of H-pyrrole nitrogens is 1. The fourth-order valence-electron chi connectivity index (χ4n) is 2.70. The summed E-state index contributed by atoms with van der Waals surface area (Å²) in [6.45, 7) is 6.73. The van der Waals surface area contributed by atoms with E-state index in [2.05, 4.69) is 80.7 Å². The van der Waals surface area contributed by atoms with E-state index in [0.29, 0.717) is 10.1 Å². The summed E-state index contributed by atoms with van der Waals surface area (Å²) in [6.07, 6.45) is 3.70. The average molecular weight is 530 g/mol. The van der Waals surface area contributed by atoms with Crippen molar-refractivity contribution in [1.29, 1.82) is 0 Å². The van der Waals surface area contributed by atoms with Gasteiger partial charge in [0.05, 0.1) is 20.8 Å². The minimum atomic E-state index is -0.0460. The van der Waals surface area contributed by atoms with Crippen molar-refractivity contribution >= 4 is 50.3 Å². The van der Waals surface area contributed by atoms with Gasteiger partial charge in [-0.2, -0.15) is 5.10 Å². The first kappa shape index (κ1) is 18.7. The maximum Gasteiger partial charge on any atom is 0.262 e. The second kappa shape index (κ2) is 7.67. The van der Waals surface area contributed by atoms with Crippen molar-refractivity contribution in [3.05, 3.63) is 71.4 Å². The summed E-state index contributed by atoms with van der Waals surface area (Å²) in [7, 11) is 0. The molecule has 0 amide bonds. The second-order valence-corrected chi connectivity index (χ2v) is 9.06. The predicted molar refractivity (Wildman–Crippen MR) is 114 cm³/mol. The van der Waals surface area contributed by atoms with Crippen molar-refractivity contribution in [2.45, 2.75) is 37.1 Å². The van der Waals surface area contributed by atoms with Crippen molar-refractivity contribution in [1.82, 2.24) is 14.8 Å². The number of hydrogen-bond donors (Lipinski definition) is 1. The first-order valence-corrected chi connectivity index (χ1v) is 10.4. The van der Waals surface area contributed by atoms with Crippen molar-refractivity contribution < 1.29 is 0 Å². The van der Waals surface area contributed by atoms with Crippen LogP contribution in [0.2, 0.25) is 0 Å². The van der Waals surface area contributed by atoms with Crippen LogP contribution in [-0.4, -0.2) is 14.8 Å². The number of halogens is 2. The highest BCUT2D eigenvalue weighted by Gasteiger charge is 2.16. The molecule has 0 unspecified atom stereocenters. The summed E-state index contributed by atoms with van der Waals surface area (Å²) in [5.41, 5.74) is 4.36. The summed E-state index contributed by atoms with van der Waals surface area (Å²) in [6, 6.07) is 6.46. The molecule has 4 nitrogen and oxygen atoms in total. The molecule has 0 saturated carbocycles. The zero-order chi connectivity index (χ0) is 18.1. The van der Waals surface area contributed by atoms with E-state index in [4.69, 9.17) is 0 Å². The van der Waals surface area contributed by atoms with E-state index in [1.54, 1.807) is 18.0 Å². The maximum absolute atomic E-state index is 12.3. The Morgan fingerprint density at radius 2 is 1.92 bits per heavy atom. The normalized spacial score (nSPS) is 11.1. The molecule has 1 N–H and O–H groups in total. The summed E-state index contributed by atoms with van der Waals surface area (Å²) < 4.78 is 3.52. The lowest BCUT2D eigenvalue weighted by molar-refractivity contribution is 0.669. The molecular weight excluding hydrogens is 513 g/mol. The molecule has 7 heteroatoms.